The van der Waals surface area contributed by atoms with Gasteiger partial charge in [0.1, 0.15) is 5.82 Å². The van der Waals surface area contributed by atoms with Crippen LogP contribution < -0.4 is 10.6 Å². The van der Waals surface area contributed by atoms with Gasteiger partial charge in [-0.25, -0.2) is 9.07 Å². The summed E-state index contributed by atoms with van der Waals surface area (Å²) in [5, 5.41) is 10.1. The van der Waals surface area contributed by atoms with E-state index in [0.717, 1.165) is 48.2 Å². The predicted molar refractivity (Wildman–Crippen MR) is 112 cm³/mol. The van der Waals surface area contributed by atoms with Gasteiger partial charge in [0.2, 0.25) is 5.91 Å². The maximum atomic E-state index is 13.3. The van der Waals surface area contributed by atoms with Gasteiger partial charge in [0, 0.05) is 24.0 Å². The minimum Gasteiger partial charge on any atom is -0.359 e. The standard InChI is InChI=1S/C23H23FN4O2/c1-25-21(29)14-15-6-10-17(11-7-15)26-23(30)22-19-4-2-3-5-20(19)28(27-22)18-12-8-16(24)9-13-18/h6-13H,2-5,14H2,1H3,(H,25,29)(H,26,30). The van der Waals surface area contributed by atoms with Gasteiger partial charge in [0.15, 0.2) is 5.69 Å². The molecular weight excluding hydrogens is 383 g/mol. The van der Waals surface area contributed by atoms with Crippen molar-refractivity contribution in [3.8, 4) is 5.69 Å². The minimum absolute atomic E-state index is 0.0650. The molecule has 0 radical (unpaired) electrons. The molecule has 7 heteroatoms. The van der Waals surface area contributed by atoms with Crippen LogP contribution in [0.15, 0.2) is 48.5 Å². The van der Waals surface area contributed by atoms with E-state index in [-0.39, 0.29) is 17.6 Å². The van der Waals surface area contributed by atoms with Crippen molar-refractivity contribution in [2.75, 3.05) is 12.4 Å². The van der Waals surface area contributed by atoms with Crippen molar-refractivity contribution in [2.24, 2.45) is 0 Å². The lowest BCUT2D eigenvalue weighted by Crippen LogP contribution is -2.20. The van der Waals surface area contributed by atoms with Gasteiger partial charge in [0.05, 0.1) is 12.1 Å². The normalized spacial score (nSPS) is 12.9. The van der Waals surface area contributed by atoms with Crippen LogP contribution in [0.4, 0.5) is 10.1 Å². The summed E-state index contributed by atoms with van der Waals surface area (Å²) in [6.07, 6.45) is 3.97. The van der Waals surface area contributed by atoms with Crippen molar-refractivity contribution in [1.29, 1.82) is 0 Å². The van der Waals surface area contributed by atoms with E-state index in [1.807, 2.05) is 12.1 Å². The fourth-order valence-corrected chi connectivity index (χ4v) is 3.75. The maximum absolute atomic E-state index is 13.3. The molecular formula is C23H23FN4O2. The lowest BCUT2D eigenvalue weighted by atomic mass is 9.95. The van der Waals surface area contributed by atoms with Crippen LogP contribution in [0.1, 0.15) is 40.2 Å². The predicted octanol–water partition coefficient (Wildman–Crippen LogP) is 3.43. The summed E-state index contributed by atoms with van der Waals surface area (Å²) in [6, 6.07) is 13.3. The van der Waals surface area contributed by atoms with Gasteiger partial charge in [-0.2, -0.15) is 5.10 Å². The topological polar surface area (TPSA) is 76.0 Å². The zero-order chi connectivity index (χ0) is 21.1. The third-order valence-electron chi connectivity index (χ3n) is 5.32. The third kappa shape index (κ3) is 4.10. The summed E-state index contributed by atoms with van der Waals surface area (Å²) in [5.74, 6) is -0.643. The van der Waals surface area contributed by atoms with E-state index in [9.17, 15) is 14.0 Å². The van der Waals surface area contributed by atoms with E-state index in [4.69, 9.17) is 0 Å². The van der Waals surface area contributed by atoms with Crippen molar-refractivity contribution in [3.63, 3.8) is 0 Å². The molecule has 0 saturated heterocycles. The number of nitrogens with one attached hydrogen (secondary N) is 2. The smallest absolute Gasteiger partial charge is 0.276 e. The zero-order valence-corrected chi connectivity index (χ0v) is 16.7. The molecule has 1 aliphatic carbocycles. The number of halogens is 1. The number of fused-ring (bicyclic) bond motifs is 1. The van der Waals surface area contributed by atoms with Gasteiger partial charge >= 0.3 is 0 Å². The highest BCUT2D eigenvalue weighted by molar-refractivity contribution is 6.04. The summed E-state index contributed by atoms with van der Waals surface area (Å²) in [6.45, 7) is 0. The molecule has 1 heterocycles. The second kappa shape index (κ2) is 8.49. The Kier molecular flexibility index (Phi) is 5.61. The van der Waals surface area contributed by atoms with Crippen LogP contribution in [-0.4, -0.2) is 28.6 Å². The molecule has 0 atom stereocenters. The van der Waals surface area contributed by atoms with E-state index in [1.54, 1.807) is 36.0 Å². The van der Waals surface area contributed by atoms with Crippen LogP contribution in [0.2, 0.25) is 0 Å². The molecule has 4 rings (SSSR count). The quantitative estimate of drug-likeness (QED) is 0.682. The number of nitrogens with zero attached hydrogens (tertiary/aromatic N) is 2. The van der Waals surface area contributed by atoms with Crippen LogP contribution in [-0.2, 0) is 24.1 Å². The highest BCUT2D eigenvalue weighted by atomic mass is 19.1. The molecule has 30 heavy (non-hydrogen) atoms. The van der Waals surface area contributed by atoms with Crippen LogP contribution >= 0.6 is 0 Å². The Bertz CT molecular complexity index is 1070. The number of carbonyl (C=O) groups excluding carboxylic acids is 2. The number of hydrogen-bond acceptors (Lipinski definition) is 3. The second-order valence-electron chi connectivity index (χ2n) is 7.37. The first-order valence-electron chi connectivity index (χ1n) is 10.0. The summed E-state index contributed by atoms with van der Waals surface area (Å²) in [7, 11) is 1.60. The van der Waals surface area contributed by atoms with E-state index in [0.29, 0.717) is 17.8 Å². The molecule has 0 unspecified atom stereocenters. The highest BCUT2D eigenvalue weighted by Crippen LogP contribution is 2.27. The average molecular weight is 406 g/mol. The van der Waals surface area contributed by atoms with Gasteiger partial charge < -0.3 is 10.6 Å². The molecule has 0 aliphatic heterocycles. The van der Waals surface area contributed by atoms with E-state index in [2.05, 4.69) is 15.7 Å². The molecule has 3 aromatic rings. The van der Waals surface area contributed by atoms with Crippen molar-refractivity contribution < 1.29 is 14.0 Å². The summed E-state index contributed by atoms with van der Waals surface area (Å²) in [5.41, 5.74) is 4.63. The molecule has 2 N–H and O–H groups in total. The monoisotopic (exact) mass is 406 g/mol. The van der Waals surface area contributed by atoms with Crippen LogP contribution in [0, 0.1) is 5.82 Å². The van der Waals surface area contributed by atoms with Crippen molar-refractivity contribution >= 4 is 17.5 Å². The lowest BCUT2D eigenvalue weighted by molar-refractivity contribution is -0.119. The Morgan fingerprint density at radius 1 is 1.03 bits per heavy atom. The summed E-state index contributed by atoms with van der Waals surface area (Å²) >= 11 is 0. The highest BCUT2D eigenvalue weighted by Gasteiger charge is 2.25. The second-order valence-corrected chi connectivity index (χ2v) is 7.37. The van der Waals surface area contributed by atoms with Gasteiger partial charge in [-0.05, 0) is 67.6 Å². The molecule has 0 bridgehead atoms. The number of likely N-dealkylation sites (N-methyl/N-ethyl adjacent to an activating group) is 1. The fraction of sp³-hybridized carbons (Fsp3) is 0.261. The van der Waals surface area contributed by atoms with Gasteiger partial charge in [-0.15, -0.1) is 0 Å². The van der Waals surface area contributed by atoms with E-state index < -0.39 is 0 Å². The Balaban J connectivity index is 1.58. The van der Waals surface area contributed by atoms with Crippen LogP contribution in [0.3, 0.4) is 0 Å². The summed E-state index contributed by atoms with van der Waals surface area (Å²) < 4.78 is 15.1. The van der Waals surface area contributed by atoms with Gasteiger partial charge in [0.25, 0.3) is 5.91 Å². The maximum Gasteiger partial charge on any atom is 0.276 e. The molecule has 2 aromatic carbocycles. The Hall–Kier alpha value is -3.48. The number of rotatable bonds is 5. The Morgan fingerprint density at radius 2 is 1.73 bits per heavy atom. The van der Waals surface area contributed by atoms with Gasteiger partial charge in [-0.1, -0.05) is 12.1 Å². The van der Waals surface area contributed by atoms with E-state index in [1.165, 1.54) is 12.1 Å². The zero-order valence-electron chi connectivity index (χ0n) is 16.7. The molecule has 0 fully saturated rings. The van der Waals surface area contributed by atoms with Crippen molar-refractivity contribution in [3.05, 3.63) is 76.9 Å². The molecule has 1 aliphatic rings. The Labute approximate surface area is 174 Å². The first-order valence-corrected chi connectivity index (χ1v) is 10.0. The first-order chi connectivity index (χ1) is 14.5. The number of amides is 2. The third-order valence-corrected chi connectivity index (χ3v) is 5.32. The average Bonchev–Trinajstić information content (AvgIpc) is 3.15. The number of carbonyl (C=O) groups is 2. The number of hydrogen-bond donors (Lipinski definition) is 2. The van der Waals surface area contributed by atoms with Crippen molar-refractivity contribution in [2.45, 2.75) is 32.1 Å². The Morgan fingerprint density at radius 3 is 2.43 bits per heavy atom. The molecule has 6 nitrogen and oxygen atoms in total. The van der Waals surface area contributed by atoms with Crippen LogP contribution in [0.5, 0.6) is 0 Å². The minimum atomic E-state index is -0.308. The first kappa shape index (κ1) is 19.8. The van der Waals surface area contributed by atoms with Crippen molar-refractivity contribution in [1.82, 2.24) is 15.1 Å². The largest absolute Gasteiger partial charge is 0.359 e. The molecule has 2 amide bonds. The number of benzene rings is 2. The summed E-state index contributed by atoms with van der Waals surface area (Å²) in [4.78, 5) is 24.5. The molecule has 154 valence electrons. The molecule has 0 saturated carbocycles. The van der Waals surface area contributed by atoms with Gasteiger partial charge in [-0.3, -0.25) is 9.59 Å². The molecule has 1 aromatic heterocycles. The van der Waals surface area contributed by atoms with Crippen LogP contribution in [0.25, 0.3) is 5.69 Å². The van der Waals surface area contributed by atoms with E-state index >= 15 is 0 Å². The fourth-order valence-electron chi connectivity index (χ4n) is 3.75. The SMILES string of the molecule is CNC(=O)Cc1ccc(NC(=O)c2nn(-c3ccc(F)cc3)c3c2CCCC3)cc1. The lowest BCUT2D eigenvalue weighted by Gasteiger charge is -2.14. The number of anilines is 1. The molecule has 0 spiro atoms. The number of aromatic nitrogens is 2.